The maximum Gasteiger partial charge on any atom is 0.218 e. The summed E-state index contributed by atoms with van der Waals surface area (Å²) in [5.41, 5.74) is 1.87. The molecule has 20 heavy (non-hydrogen) atoms. The molecule has 0 atom stereocenters. The van der Waals surface area contributed by atoms with Gasteiger partial charge in [-0.2, -0.15) is 4.31 Å². The summed E-state index contributed by atoms with van der Waals surface area (Å²) in [6.45, 7) is 0.979. The van der Waals surface area contributed by atoms with E-state index in [-0.39, 0.29) is 5.75 Å². The van der Waals surface area contributed by atoms with Crippen LogP contribution in [0.25, 0.3) is 0 Å². The van der Waals surface area contributed by atoms with Gasteiger partial charge in [0.05, 0.1) is 10.1 Å². The van der Waals surface area contributed by atoms with E-state index < -0.39 is 10.0 Å². The summed E-state index contributed by atoms with van der Waals surface area (Å²) < 4.78 is 27.2. The van der Waals surface area contributed by atoms with Crippen molar-refractivity contribution in [2.45, 2.75) is 18.7 Å². The normalized spacial score (nSPS) is 16.1. The SMILES string of the molecule is O=S(=O)(Cc1ccccc1)N1CCc2sc(Cl)cc2C1. The van der Waals surface area contributed by atoms with Crippen LogP contribution in [0.1, 0.15) is 16.0 Å². The monoisotopic (exact) mass is 327 g/mol. The third kappa shape index (κ3) is 2.91. The first-order valence-corrected chi connectivity index (χ1v) is 9.14. The van der Waals surface area contributed by atoms with Crippen molar-refractivity contribution >= 4 is 33.0 Å². The first kappa shape index (κ1) is 14.1. The van der Waals surface area contributed by atoms with Gasteiger partial charge in [-0.15, -0.1) is 11.3 Å². The molecule has 0 unspecified atom stereocenters. The molecule has 0 amide bonds. The van der Waals surface area contributed by atoms with Gasteiger partial charge >= 0.3 is 0 Å². The maximum atomic E-state index is 12.5. The highest BCUT2D eigenvalue weighted by Crippen LogP contribution is 2.32. The second-order valence-electron chi connectivity index (χ2n) is 4.82. The van der Waals surface area contributed by atoms with E-state index in [2.05, 4.69) is 0 Å². The summed E-state index contributed by atoms with van der Waals surface area (Å²) in [7, 11) is -3.27. The Morgan fingerprint density at radius 3 is 2.75 bits per heavy atom. The van der Waals surface area contributed by atoms with Crippen molar-refractivity contribution in [1.82, 2.24) is 4.31 Å². The summed E-state index contributed by atoms with van der Waals surface area (Å²) in [4.78, 5) is 1.21. The summed E-state index contributed by atoms with van der Waals surface area (Å²) >= 11 is 7.54. The van der Waals surface area contributed by atoms with Gasteiger partial charge in [0.2, 0.25) is 10.0 Å². The van der Waals surface area contributed by atoms with Crippen LogP contribution in [-0.4, -0.2) is 19.3 Å². The lowest BCUT2D eigenvalue weighted by Gasteiger charge is -2.26. The number of thiophene rings is 1. The molecular weight excluding hydrogens is 314 g/mol. The minimum absolute atomic E-state index is 0.0566. The van der Waals surface area contributed by atoms with Crippen molar-refractivity contribution < 1.29 is 8.42 Å². The summed E-state index contributed by atoms with van der Waals surface area (Å²) in [6, 6.07) is 11.2. The average molecular weight is 328 g/mol. The molecule has 2 aromatic rings. The lowest BCUT2D eigenvalue weighted by molar-refractivity contribution is 0.393. The standard InChI is InChI=1S/C14H14ClNO2S2/c15-14-8-12-9-16(7-6-13(12)19-14)20(17,18)10-11-4-2-1-3-5-11/h1-5,8H,6-7,9-10H2. The molecule has 0 fully saturated rings. The number of nitrogens with zero attached hydrogens (tertiary/aromatic N) is 1. The highest BCUT2D eigenvalue weighted by Gasteiger charge is 2.28. The van der Waals surface area contributed by atoms with E-state index in [9.17, 15) is 8.42 Å². The van der Waals surface area contributed by atoms with Gasteiger partial charge in [0.15, 0.2) is 0 Å². The lowest BCUT2D eigenvalue weighted by Crippen LogP contribution is -2.36. The van der Waals surface area contributed by atoms with Crippen molar-refractivity contribution in [3.05, 3.63) is 56.7 Å². The van der Waals surface area contributed by atoms with E-state index >= 15 is 0 Å². The van der Waals surface area contributed by atoms with Crippen molar-refractivity contribution in [1.29, 1.82) is 0 Å². The predicted molar refractivity (Wildman–Crippen MR) is 82.5 cm³/mol. The highest BCUT2D eigenvalue weighted by atomic mass is 35.5. The van der Waals surface area contributed by atoms with Crippen LogP contribution in [0, 0.1) is 0 Å². The van der Waals surface area contributed by atoms with Crippen LogP contribution in [0.4, 0.5) is 0 Å². The summed E-state index contributed by atoms with van der Waals surface area (Å²) in [6.07, 6.45) is 0.751. The molecule has 1 aliphatic heterocycles. The van der Waals surface area contributed by atoms with Gasteiger partial charge in [-0.1, -0.05) is 41.9 Å². The minimum Gasteiger partial charge on any atom is -0.212 e. The van der Waals surface area contributed by atoms with E-state index in [4.69, 9.17) is 11.6 Å². The Kier molecular flexibility index (Phi) is 3.86. The van der Waals surface area contributed by atoms with Gasteiger partial charge in [-0.05, 0) is 23.6 Å². The van der Waals surface area contributed by atoms with Gasteiger partial charge in [0.25, 0.3) is 0 Å². The first-order valence-electron chi connectivity index (χ1n) is 6.33. The second-order valence-corrected chi connectivity index (χ2v) is 8.56. The van der Waals surface area contributed by atoms with E-state index in [1.807, 2.05) is 36.4 Å². The largest absolute Gasteiger partial charge is 0.218 e. The molecule has 1 aliphatic rings. The zero-order chi connectivity index (χ0) is 14.2. The molecule has 0 saturated carbocycles. The molecule has 2 heterocycles. The molecular formula is C14H14ClNO2S2. The first-order chi connectivity index (χ1) is 9.54. The molecule has 3 nitrogen and oxygen atoms in total. The number of hydrogen-bond acceptors (Lipinski definition) is 3. The third-order valence-corrected chi connectivity index (χ3v) is 6.55. The molecule has 0 N–H and O–H groups in total. The molecule has 0 bridgehead atoms. The van der Waals surface area contributed by atoms with Crippen molar-refractivity contribution in [3.8, 4) is 0 Å². The van der Waals surface area contributed by atoms with Crippen molar-refractivity contribution in [2.24, 2.45) is 0 Å². The fourth-order valence-electron chi connectivity index (χ4n) is 2.38. The Labute approximate surface area is 127 Å². The fourth-order valence-corrected chi connectivity index (χ4v) is 5.18. The summed E-state index contributed by atoms with van der Waals surface area (Å²) in [5.74, 6) is 0.0566. The van der Waals surface area contributed by atoms with Gasteiger partial charge in [-0.25, -0.2) is 8.42 Å². The molecule has 0 saturated heterocycles. The fraction of sp³-hybridized carbons (Fsp3) is 0.286. The number of rotatable bonds is 3. The zero-order valence-corrected chi connectivity index (χ0v) is 13.1. The number of halogens is 1. The molecule has 0 radical (unpaired) electrons. The third-order valence-electron chi connectivity index (χ3n) is 3.39. The van der Waals surface area contributed by atoms with Crippen molar-refractivity contribution in [2.75, 3.05) is 6.54 Å². The van der Waals surface area contributed by atoms with Crippen LogP contribution in [0.2, 0.25) is 4.34 Å². The van der Waals surface area contributed by atoms with E-state index in [1.165, 1.54) is 4.88 Å². The Morgan fingerprint density at radius 1 is 1.25 bits per heavy atom. The van der Waals surface area contributed by atoms with Crippen LogP contribution < -0.4 is 0 Å². The number of hydrogen-bond donors (Lipinski definition) is 0. The van der Waals surface area contributed by atoms with Gasteiger partial charge < -0.3 is 0 Å². The molecule has 1 aromatic carbocycles. The van der Waals surface area contributed by atoms with Crippen LogP contribution in [0.3, 0.4) is 0 Å². The molecule has 1 aromatic heterocycles. The molecule has 3 rings (SSSR count). The molecule has 0 aliphatic carbocycles. The van der Waals surface area contributed by atoms with Crippen molar-refractivity contribution in [3.63, 3.8) is 0 Å². The smallest absolute Gasteiger partial charge is 0.212 e. The Balaban J connectivity index is 1.79. The Bertz CT molecular complexity index is 710. The van der Waals surface area contributed by atoms with Crippen LogP contribution in [0.5, 0.6) is 0 Å². The number of sulfonamides is 1. The average Bonchev–Trinajstić information content (AvgIpc) is 2.78. The lowest BCUT2D eigenvalue weighted by atomic mass is 10.1. The molecule has 106 valence electrons. The molecule has 0 spiro atoms. The number of benzene rings is 1. The Morgan fingerprint density at radius 2 is 2.00 bits per heavy atom. The van der Waals surface area contributed by atoms with Crippen LogP contribution in [-0.2, 0) is 28.7 Å². The quantitative estimate of drug-likeness (QED) is 0.867. The van der Waals surface area contributed by atoms with E-state index in [0.29, 0.717) is 13.1 Å². The van der Waals surface area contributed by atoms with Gasteiger partial charge in [-0.3, -0.25) is 0 Å². The highest BCUT2D eigenvalue weighted by molar-refractivity contribution is 7.88. The Hall–Kier alpha value is -0.880. The number of fused-ring (bicyclic) bond motifs is 1. The minimum atomic E-state index is -3.27. The summed E-state index contributed by atoms with van der Waals surface area (Å²) in [5, 5.41) is 0. The van der Waals surface area contributed by atoms with E-state index in [1.54, 1.807) is 15.6 Å². The second kappa shape index (κ2) is 5.48. The van der Waals surface area contributed by atoms with Crippen LogP contribution in [0.15, 0.2) is 36.4 Å². The van der Waals surface area contributed by atoms with Gasteiger partial charge in [0, 0.05) is 18.0 Å². The van der Waals surface area contributed by atoms with Gasteiger partial charge in [0.1, 0.15) is 0 Å². The predicted octanol–water partition coefficient (Wildman–Crippen LogP) is 3.29. The topological polar surface area (TPSA) is 37.4 Å². The maximum absolute atomic E-state index is 12.5. The van der Waals surface area contributed by atoms with E-state index in [0.717, 1.165) is 21.9 Å². The zero-order valence-electron chi connectivity index (χ0n) is 10.8. The van der Waals surface area contributed by atoms with Crippen LogP contribution >= 0.6 is 22.9 Å². The molecule has 6 heteroatoms.